The normalized spacial score (nSPS) is 30.1. The fraction of sp³-hybridized carbons (Fsp3) is 0.600. The van der Waals surface area contributed by atoms with Crippen LogP contribution in [-0.4, -0.2) is 16.5 Å². The van der Waals surface area contributed by atoms with Gasteiger partial charge in [0.1, 0.15) is 6.33 Å². The quantitative estimate of drug-likeness (QED) is 0.738. The third kappa shape index (κ3) is 1.23. The summed E-state index contributed by atoms with van der Waals surface area (Å²) in [5, 5.41) is 0. The Bertz CT molecular complexity index is 294. The lowest BCUT2D eigenvalue weighted by atomic mass is 10.1. The van der Waals surface area contributed by atoms with Crippen molar-refractivity contribution in [1.82, 2.24) is 9.97 Å². The third-order valence-corrected chi connectivity index (χ3v) is 3.23. The van der Waals surface area contributed by atoms with Gasteiger partial charge in [-0.05, 0) is 23.9 Å². The molecule has 0 spiro atoms. The molecular weight excluding hydrogens is 162 g/mol. The first-order chi connectivity index (χ1) is 6.18. The molecule has 0 bridgehead atoms. The summed E-state index contributed by atoms with van der Waals surface area (Å²) >= 11 is 0. The summed E-state index contributed by atoms with van der Waals surface area (Å²) in [6.07, 6.45) is 3.40. The molecule has 1 heterocycles. The predicted molar refractivity (Wildman–Crippen MR) is 51.1 cm³/mol. The van der Waals surface area contributed by atoms with E-state index in [4.69, 9.17) is 5.73 Å². The molecule has 3 nitrogen and oxygen atoms in total. The average Bonchev–Trinajstić information content (AvgIpc) is 2.69. The molecule has 3 heteroatoms. The molecule has 0 aliphatic heterocycles. The third-order valence-electron chi connectivity index (χ3n) is 3.23. The van der Waals surface area contributed by atoms with Crippen molar-refractivity contribution in [2.45, 2.75) is 19.8 Å². The van der Waals surface area contributed by atoms with E-state index in [1.165, 1.54) is 0 Å². The van der Waals surface area contributed by atoms with Crippen LogP contribution in [0, 0.1) is 11.3 Å². The van der Waals surface area contributed by atoms with Gasteiger partial charge < -0.3 is 5.73 Å². The van der Waals surface area contributed by atoms with Crippen LogP contribution in [0.1, 0.15) is 25.5 Å². The van der Waals surface area contributed by atoms with Crippen molar-refractivity contribution in [3.63, 3.8) is 0 Å². The minimum absolute atomic E-state index is 0.323. The zero-order valence-corrected chi connectivity index (χ0v) is 8.07. The fourth-order valence-corrected chi connectivity index (χ4v) is 2.26. The smallest absolute Gasteiger partial charge is 0.115 e. The van der Waals surface area contributed by atoms with Gasteiger partial charge in [0, 0.05) is 17.8 Å². The highest BCUT2D eigenvalue weighted by Gasteiger charge is 2.57. The highest BCUT2D eigenvalue weighted by atomic mass is 14.9. The standard InChI is InChI=1S/C10H15N3/c1-10(2)7(5-11)9(10)8-3-4-12-6-13-8/h3-4,6-7,9H,5,11H2,1-2H3/t7-,9+/m1/s1. The van der Waals surface area contributed by atoms with Crippen LogP contribution in [0.15, 0.2) is 18.6 Å². The maximum atomic E-state index is 5.69. The summed E-state index contributed by atoms with van der Waals surface area (Å²) in [7, 11) is 0. The molecule has 0 amide bonds. The van der Waals surface area contributed by atoms with E-state index < -0.39 is 0 Å². The van der Waals surface area contributed by atoms with Gasteiger partial charge in [0.2, 0.25) is 0 Å². The molecule has 1 aromatic rings. The van der Waals surface area contributed by atoms with Crippen LogP contribution in [0.4, 0.5) is 0 Å². The average molecular weight is 177 g/mol. The van der Waals surface area contributed by atoms with Crippen LogP contribution in [-0.2, 0) is 0 Å². The van der Waals surface area contributed by atoms with E-state index in [9.17, 15) is 0 Å². The molecule has 0 saturated heterocycles. The Labute approximate surface area is 78.4 Å². The molecule has 0 aromatic carbocycles. The number of aromatic nitrogens is 2. The lowest BCUT2D eigenvalue weighted by Gasteiger charge is -2.00. The van der Waals surface area contributed by atoms with Crippen LogP contribution in [0.25, 0.3) is 0 Å². The largest absolute Gasteiger partial charge is 0.330 e. The summed E-state index contributed by atoms with van der Waals surface area (Å²) in [4.78, 5) is 8.18. The van der Waals surface area contributed by atoms with Gasteiger partial charge >= 0.3 is 0 Å². The van der Waals surface area contributed by atoms with Gasteiger partial charge in [-0.3, -0.25) is 0 Å². The molecular formula is C10H15N3. The van der Waals surface area contributed by atoms with E-state index in [-0.39, 0.29) is 0 Å². The molecule has 0 unspecified atom stereocenters. The summed E-state index contributed by atoms with van der Waals surface area (Å²) in [5.74, 6) is 1.11. The number of rotatable bonds is 2. The van der Waals surface area contributed by atoms with E-state index in [2.05, 4.69) is 23.8 Å². The zero-order chi connectivity index (χ0) is 9.47. The summed E-state index contributed by atoms with van der Waals surface area (Å²) < 4.78 is 0. The number of nitrogens with zero attached hydrogens (tertiary/aromatic N) is 2. The number of hydrogen-bond acceptors (Lipinski definition) is 3. The second kappa shape index (κ2) is 2.77. The molecule has 1 aromatic heterocycles. The van der Waals surface area contributed by atoms with Crippen molar-refractivity contribution >= 4 is 0 Å². The molecule has 1 saturated carbocycles. The Balaban J connectivity index is 2.22. The SMILES string of the molecule is CC1(C)[C@H](CN)[C@H]1c1ccncn1. The zero-order valence-electron chi connectivity index (χ0n) is 8.07. The Morgan fingerprint density at radius 1 is 1.54 bits per heavy atom. The first kappa shape index (κ1) is 8.63. The van der Waals surface area contributed by atoms with Crippen molar-refractivity contribution in [2.75, 3.05) is 6.54 Å². The monoisotopic (exact) mass is 177 g/mol. The number of nitrogens with two attached hydrogens (primary N) is 1. The highest BCUT2D eigenvalue weighted by molar-refractivity contribution is 5.24. The Morgan fingerprint density at radius 3 is 2.77 bits per heavy atom. The first-order valence-electron chi connectivity index (χ1n) is 4.64. The van der Waals surface area contributed by atoms with Crippen molar-refractivity contribution in [2.24, 2.45) is 17.1 Å². The van der Waals surface area contributed by atoms with Gasteiger partial charge in [0.25, 0.3) is 0 Å². The van der Waals surface area contributed by atoms with Crippen LogP contribution in [0.3, 0.4) is 0 Å². The van der Waals surface area contributed by atoms with Gasteiger partial charge in [-0.25, -0.2) is 9.97 Å². The molecule has 2 N–H and O–H groups in total. The van der Waals surface area contributed by atoms with Gasteiger partial charge in [-0.2, -0.15) is 0 Å². The summed E-state index contributed by atoms with van der Waals surface area (Å²) in [6.45, 7) is 5.25. The van der Waals surface area contributed by atoms with Gasteiger partial charge in [-0.1, -0.05) is 13.8 Å². The Kier molecular flexibility index (Phi) is 1.84. The van der Waals surface area contributed by atoms with Gasteiger partial charge in [0.15, 0.2) is 0 Å². The molecule has 13 heavy (non-hydrogen) atoms. The topological polar surface area (TPSA) is 51.8 Å². The lowest BCUT2D eigenvalue weighted by molar-refractivity contribution is 0.557. The van der Waals surface area contributed by atoms with E-state index in [1.807, 2.05) is 6.07 Å². The molecule has 1 aliphatic carbocycles. The van der Waals surface area contributed by atoms with Crippen LogP contribution >= 0.6 is 0 Å². The molecule has 1 fully saturated rings. The molecule has 0 radical (unpaired) electrons. The lowest BCUT2D eigenvalue weighted by Crippen LogP contribution is -2.05. The molecule has 70 valence electrons. The van der Waals surface area contributed by atoms with E-state index >= 15 is 0 Å². The minimum Gasteiger partial charge on any atom is -0.330 e. The predicted octanol–water partition coefficient (Wildman–Crippen LogP) is 1.17. The molecule has 2 atom stereocenters. The highest BCUT2D eigenvalue weighted by Crippen LogP contribution is 2.63. The maximum Gasteiger partial charge on any atom is 0.115 e. The number of hydrogen-bond donors (Lipinski definition) is 1. The maximum absolute atomic E-state index is 5.69. The summed E-state index contributed by atoms with van der Waals surface area (Å²) in [6, 6.07) is 1.99. The first-order valence-corrected chi connectivity index (χ1v) is 4.64. The minimum atomic E-state index is 0.323. The molecule has 2 rings (SSSR count). The second-order valence-corrected chi connectivity index (χ2v) is 4.28. The van der Waals surface area contributed by atoms with Crippen molar-refractivity contribution in [3.8, 4) is 0 Å². The Hall–Kier alpha value is -0.960. The van der Waals surface area contributed by atoms with Crippen molar-refractivity contribution < 1.29 is 0 Å². The summed E-state index contributed by atoms with van der Waals surface area (Å²) in [5.41, 5.74) is 7.15. The van der Waals surface area contributed by atoms with Crippen molar-refractivity contribution in [1.29, 1.82) is 0 Å². The van der Waals surface area contributed by atoms with Crippen molar-refractivity contribution in [3.05, 3.63) is 24.3 Å². The second-order valence-electron chi connectivity index (χ2n) is 4.28. The van der Waals surface area contributed by atoms with Gasteiger partial charge in [-0.15, -0.1) is 0 Å². The van der Waals surface area contributed by atoms with E-state index in [0.717, 1.165) is 12.2 Å². The molecule has 1 aliphatic rings. The fourth-order valence-electron chi connectivity index (χ4n) is 2.26. The Morgan fingerprint density at radius 2 is 2.31 bits per heavy atom. The van der Waals surface area contributed by atoms with E-state index in [0.29, 0.717) is 17.3 Å². The van der Waals surface area contributed by atoms with Crippen LogP contribution in [0.2, 0.25) is 0 Å². The van der Waals surface area contributed by atoms with E-state index in [1.54, 1.807) is 12.5 Å². The van der Waals surface area contributed by atoms with Gasteiger partial charge in [0.05, 0.1) is 0 Å². The van der Waals surface area contributed by atoms with Crippen LogP contribution in [0.5, 0.6) is 0 Å². The van der Waals surface area contributed by atoms with Crippen LogP contribution < -0.4 is 5.73 Å².